The summed E-state index contributed by atoms with van der Waals surface area (Å²) in [7, 11) is 1.81. The zero-order valence-electron chi connectivity index (χ0n) is 44.6. The van der Waals surface area contributed by atoms with E-state index >= 15 is 0 Å². The van der Waals surface area contributed by atoms with Gasteiger partial charge in [-0.05, 0) is 99.7 Å². The molecule has 5 atom stereocenters. The fraction of sp³-hybridized carbons (Fsp3) is 0.500. The molecule has 13 N–H and O–H groups in total. The van der Waals surface area contributed by atoms with Crippen molar-refractivity contribution in [2.75, 3.05) is 55.3 Å². The van der Waals surface area contributed by atoms with Crippen molar-refractivity contribution in [1.82, 2.24) is 62.5 Å². The molecule has 2 aliphatic rings. The van der Waals surface area contributed by atoms with Gasteiger partial charge in [0.1, 0.15) is 12.1 Å². The fourth-order valence-corrected chi connectivity index (χ4v) is 10.5. The largest absolute Gasteiger partial charge is 0.480 e. The van der Waals surface area contributed by atoms with Gasteiger partial charge < -0.3 is 64.0 Å². The topological polar surface area (TPSA) is 409 Å². The Morgan fingerprint density at radius 1 is 0.750 bits per heavy atom. The molecule has 0 bridgehead atoms. The Labute approximate surface area is 466 Å². The maximum Gasteiger partial charge on any atom is 0.326 e. The molecular weight excluding hydrogens is 1050 g/mol. The molecule has 4 aromatic rings. The van der Waals surface area contributed by atoms with Gasteiger partial charge in [0.15, 0.2) is 17.0 Å². The number of nitrogen functional groups attached to an aromatic ring is 2. The number of carbonyl (C=O) groups excluding carboxylic acids is 7. The molecule has 27 nitrogen and oxygen atoms in total. The van der Waals surface area contributed by atoms with Crippen LogP contribution in [0, 0.1) is 0 Å². The minimum atomic E-state index is -1.36. The Bertz CT molecular complexity index is 2860. The normalized spacial score (nSPS) is 15.9. The van der Waals surface area contributed by atoms with Crippen LogP contribution in [0.2, 0.25) is 0 Å². The average molecular weight is 1120 g/mol. The number of fused-ring (bicyclic) bond motifs is 2. The molecule has 28 heteroatoms. The van der Waals surface area contributed by atoms with Crippen LogP contribution in [0.1, 0.15) is 116 Å². The standard InChI is InChI=1S/C52H70N18O9S/c1-70(29-34-28-60-46-44(61-34)45(53)66-51(54)67-46)35-20-16-32(17-21-35)48(75)63-37(50(77)78)22-23-42(73)58-26-9-27-59-49(76)36(62-47(74)31-14-18-33(19-15-31)68-69-55)10-6-8-25-57-40(71)12-3-2-7-24-56-41(72)13-5-4-11-39-43-38(30-80-39)64-52(79)65-43/h14-21,28,36-39,43H,2-13,22-27,29-30H2,1H3,(H,56,72)(H,57,71)(H,58,73)(H,59,76)(H,62,74)(H,63,75)(H,77,78)(H2,64,65,79)(H4,53,54,60,66,67)/t36-,37-,38-,39+,43-/m1/s1. The van der Waals surface area contributed by atoms with Gasteiger partial charge in [-0.15, -0.1) is 0 Å². The quantitative estimate of drug-likeness (QED) is 0.0107. The number of amides is 8. The third-order valence-corrected chi connectivity index (χ3v) is 14.9. The van der Waals surface area contributed by atoms with Gasteiger partial charge in [0, 0.05) is 90.9 Å². The van der Waals surface area contributed by atoms with E-state index in [1.165, 1.54) is 24.3 Å². The number of thioether (sulfide) groups is 1. The maximum atomic E-state index is 13.4. The van der Waals surface area contributed by atoms with E-state index in [0.717, 1.165) is 43.5 Å². The average Bonchev–Trinajstić information content (AvgIpc) is 4.04. The van der Waals surface area contributed by atoms with E-state index in [-0.39, 0.29) is 90.8 Å². The SMILES string of the molecule is CN(Cc1cnc2nc(N)nc(N)c2n1)c1ccc(C(=O)N[C@H](CCC(=O)NCCCNC(=O)[C@@H](CCCCNC(=O)CCCCCNC(=O)CCCC[C@@H]2SC[C@H]3NC(=O)N[C@@H]23)NC(=O)c2ccc(N=[N+]=[N-])cc2)C(=O)O)cc1. The van der Waals surface area contributed by atoms with Crippen molar-refractivity contribution in [1.29, 1.82) is 0 Å². The lowest BCUT2D eigenvalue weighted by molar-refractivity contribution is -0.139. The van der Waals surface area contributed by atoms with Gasteiger partial charge in [-0.1, -0.05) is 30.1 Å². The van der Waals surface area contributed by atoms with Crippen LogP contribution in [-0.4, -0.2) is 141 Å². The number of aliphatic carboxylic acids is 1. The minimum absolute atomic E-state index is 0.0118. The lowest BCUT2D eigenvalue weighted by Gasteiger charge is -2.19. The molecule has 8 amide bonds. The van der Waals surface area contributed by atoms with Gasteiger partial charge in [-0.3, -0.25) is 28.8 Å². The number of hydrogen-bond donors (Lipinski definition) is 11. The number of anilines is 3. The molecule has 2 fully saturated rings. The highest BCUT2D eigenvalue weighted by molar-refractivity contribution is 8.00. The number of hydrogen-bond acceptors (Lipinski definition) is 17. The van der Waals surface area contributed by atoms with E-state index in [1.54, 1.807) is 30.5 Å². The van der Waals surface area contributed by atoms with Gasteiger partial charge in [0.2, 0.25) is 29.6 Å². The Hall–Kier alpha value is -8.52. The molecule has 80 heavy (non-hydrogen) atoms. The van der Waals surface area contributed by atoms with E-state index in [9.17, 15) is 43.5 Å². The van der Waals surface area contributed by atoms with E-state index in [0.29, 0.717) is 80.3 Å². The Balaban J connectivity index is 0.840. The highest BCUT2D eigenvalue weighted by atomic mass is 32.2. The number of benzene rings is 2. The second-order valence-electron chi connectivity index (χ2n) is 19.4. The summed E-state index contributed by atoms with van der Waals surface area (Å²) in [5.74, 6) is -2.49. The van der Waals surface area contributed by atoms with Crippen molar-refractivity contribution >= 4 is 93.5 Å². The highest BCUT2D eigenvalue weighted by Crippen LogP contribution is 2.33. The molecular formula is C52H70N18O9S. The van der Waals surface area contributed by atoms with Crippen LogP contribution in [-0.2, 0) is 30.5 Å². The lowest BCUT2D eigenvalue weighted by Crippen LogP contribution is -2.47. The third-order valence-electron chi connectivity index (χ3n) is 13.3. The predicted molar refractivity (Wildman–Crippen MR) is 300 cm³/mol. The highest BCUT2D eigenvalue weighted by Gasteiger charge is 2.42. The number of aromatic nitrogens is 4. The molecule has 0 aliphatic carbocycles. The molecule has 428 valence electrons. The summed E-state index contributed by atoms with van der Waals surface area (Å²) in [6, 6.07) is 10.3. The first-order valence-corrected chi connectivity index (χ1v) is 27.7. The van der Waals surface area contributed by atoms with Gasteiger partial charge in [-0.2, -0.15) is 21.7 Å². The summed E-state index contributed by atoms with van der Waals surface area (Å²) in [4.78, 5) is 122. The third kappa shape index (κ3) is 19.4. The second-order valence-corrected chi connectivity index (χ2v) is 20.7. The minimum Gasteiger partial charge on any atom is -0.480 e. The van der Waals surface area contributed by atoms with Crippen molar-refractivity contribution in [3.63, 3.8) is 0 Å². The summed E-state index contributed by atoms with van der Waals surface area (Å²) in [5, 5.41) is 36.3. The number of nitrogens with one attached hydrogen (secondary N) is 8. The Morgan fingerprint density at radius 3 is 2.04 bits per heavy atom. The number of nitrogens with two attached hydrogens (primary N) is 2. The fourth-order valence-electron chi connectivity index (χ4n) is 8.98. The molecule has 4 heterocycles. The molecule has 2 aromatic carbocycles. The van der Waals surface area contributed by atoms with Crippen LogP contribution in [0.4, 0.5) is 27.9 Å². The molecule has 0 spiro atoms. The smallest absolute Gasteiger partial charge is 0.326 e. The van der Waals surface area contributed by atoms with Crippen molar-refractivity contribution in [2.24, 2.45) is 5.11 Å². The number of azide groups is 1. The molecule has 0 radical (unpaired) electrons. The van der Waals surface area contributed by atoms with Crippen LogP contribution in [0.3, 0.4) is 0 Å². The summed E-state index contributed by atoms with van der Waals surface area (Å²) in [6.07, 6.45) is 8.37. The van der Waals surface area contributed by atoms with E-state index in [1.807, 2.05) is 23.7 Å². The molecule has 0 saturated carbocycles. The second kappa shape index (κ2) is 31.2. The monoisotopic (exact) mass is 1120 g/mol. The van der Waals surface area contributed by atoms with Crippen LogP contribution in [0.25, 0.3) is 21.6 Å². The summed E-state index contributed by atoms with van der Waals surface area (Å²) in [5.41, 5.74) is 23.0. The van der Waals surface area contributed by atoms with E-state index < -0.39 is 41.7 Å². The number of rotatable bonds is 33. The van der Waals surface area contributed by atoms with E-state index in [2.05, 4.69) is 72.5 Å². The van der Waals surface area contributed by atoms with Crippen molar-refractivity contribution in [3.05, 3.63) is 82.0 Å². The van der Waals surface area contributed by atoms with Crippen LogP contribution in [0.5, 0.6) is 0 Å². The first-order valence-electron chi connectivity index (χ1n) is 26.7. The van der Waals surface area contributed by atoms with Gasteiger partial charge >= 0.3 is 12.0 Å². The molecule has 2 aliphatic heterocycles. The number of nitrogens with zero attached hydrogens (tertiary/aromatic N) is 8. The van der Waals surface area contributed by atoms with Crippen molar-refractivity contribution < 1.29 is 43.5 Å². The summed E-state index contributed by atoms with van der Waals surface area (Å²) < 4.78 is 0. The summed E-state index contributed by atoms with van der Waals surface area (Å²) in [6.45, 7) is 1.51. The van der Waals surface area contributed by atoms with Gasteiger partial charge in [0.05, 0.1) is 30.5 Å². The summed E-state index contributed by atoms with van der Waals surface area (Å²) >= 11 is 1.87. The van der Waals surface area contributed by atoms with Crippen LogP contribution < -0.4 is 58.9 Å². The molecule has 0 unspecified atom stereocenters. The number of carboxylic acid groups (broad SMARTS) is 1. The van der Waals surface area contributed by atoms with Gasteiger partial charge in [0.25, 0.3) is 11.8 Å². The number of unbranched alkanes of at least 4 members (excludes halogenated alkanes) is 4. The maximum absolute atomic E-state index is 13.4. The zero-order chi connectivity index (χ0) is 57.4. The molecule has 2 aromatic heterocycles. The lowest BCUT2D eigenvalue weighted by atomic mass is 10.0. The molecule has 2 saturated heterocycles. The van der Waals surface area contributed by atoms with Crippen LogP contribution >= 0.6 is 11.8 Å². The number of urea groups is 1. The zero-order valence-corrected chi connectivity index (χ0v) is 45.4. The Kier molecular flexibility index (Phi) is 23.7. The first-order chi connectivity index (χ1) is 38.6. The van der Waals surface area contributed by atoms with Crippen molar-refractivity contribution in [2.45, 2.75) is 126 Å². The first kappa shape index (κ1) is 60.7. The van der Waals surface area contributed by atoms with Crippen molar-refractivity contribution in [3.8, 4) is 0 Å². The Morgan fingerprint density at radius 2 is 1.36 bits per heavy atom. The van der Waals surface area contributed by atoms with Gasteiger partial charge in [-0.25, -0.2) is 19.6 Å². The number of carbonyl (C=O) groups is 8. The molecule has 6 rings (SSSR count). The van der Waals surface area contributed by atoms with Crippen LogP contribution in [0.15, 0.2) is 59.8 Å². The number of carboxylic acids is 1. The predicted octanol–water partition coefficient (Wildman–Crippen LogP) is 3.24. The van der Waals surface area contributed by atoms with E-state index in [4.69, 9.17) is 17.0 Å².